The number of aliphatic carboxylic acids is 3. The third kappa shape index (κ3) is 8.79. The van der Waals surface area contributed by atoms with Crippen molar-refractivity contribution in [3.63, 3.8) is 0 Å². The van der Waals surface area contributed by atoms with Crippen LogP contribution in [0.1, 0.15) is 55.2 Å². The van der Waals surface area contributed by atoms with Gasteiger partial charge in [0.2, 0.25) is 5.91 Å². The molecule has 0 saturated carbocycles. The van der Waals surface area contributed by atoms with Crippen LogP contribution < -0.4 is 0 Å². The van der Waals surface area contributed by atoms with Crippen LogP contribution in [-0.2, 0) is 42.5 Å². The molecule has 2 atom stereocenters. The molecule has 0 radical (unpaired) electrons. The first-order valence-corrected chi connectivity index (χ1v) is 15.9. The fourth-order valence-corrected chi connectivity index (χ4v) is 6.88. The van der Waals surface area contributed by atoms with E-state index in [4.69, 9.17) is 36.8 Å². The van der Waals surface area contributed by atoms with Crippen LogP contribution in [0.15, 0.2) is 42.5 Å². The van der Waals surface area contributed by atoms with E-state index in [9.17, 15) is 29.4 Å². The minimum atomic E-state index is -2.74. The lowest BCUT2D eigenvalue weighted by Crippen LogP contribution is -2.49. The number of carboxylic acid groups (broad SMARTS) is 3. The molecular weight excluding hydrogens is 636 g/mol. The van der Waals surface area contributed by atoms with Crippen molar-refractivity contribution >= 4 is 35.4 Å². The van der Waals surface area contributed by atoms with Crippen molar-refractivity contribution in [2.75, 3.05) is 32.8 Å². The molecule has 3 heterocycles. The summed E-state index contributed by atoms with van der Waals surface area (Å²) in [6, 6.07) is 13.3. The number of ether oxygens (including phenoxy) is 1. The maximum atomic E-state index is 13.7. The van der Waals surface area contributed by atoms with Gasteiger partial charge in [-0.3, -0.25) is 14.4 Å². The van der Waals surface area contributed by atoms with Gasteiger partial charge in [-0.2, -0.15) is 0 Å². The fraction of sp³-hybridized carbons (Fsp3) is 0.515. The van der Waals surface area contributed by atoms with Crippen molar-refractivity contribution in [1.29, 1.82) is 0 Å². The highest BCUT2D eigenvalue weighted by molar-refractivity contribution is 6.31. The summed E-state index contributed by atoms with van der Waals surface area (Å²) in [5.41, 5.74) is 0.431. The lowest BCUT2D eigenvalue weighted by molar-refractivity contribution is -0.170. The predicted molar refractivity (Wildman–Crippen MR) is 168 cm³/mol. The number of carbonyl (C=O) groups is 4. The molecule has 2 aromatic carbocycles. The number of nitrogens with zero attached hydrogens (tertiary/aromatic N) is 2. The van der Waals surface area contributed by atoms with Gasteiger partial charge in [-0.05, 0) is 67.0 Å². The van der Waals surface area contributed by atoms with Crippen LogP contribution in [0.4, 0.5) is 0 Å². The van der Waals surface area contributed by atoms with Crippen molar-refractivity contribution in [1.82, 2.24) is 9.80 Å². The Morgan fingerprint density at radius 2 is 1.66 bits per heavy atom. The van der Waals surface area contributed by atoms with Crippen LogP contribution in [0.5, 0.6) is 5.75 Å². The van der Waals surface area contributed by atoms with Gasteiger partial charge < -0.3 is 45.2 Å². The fourth-order valence-electron chi connectivity index (χ4n) is 6.68. The third-order valence-corrected chi connectivity index (χ3v) is 9.52. The average Bonchev–Trinajstić information content (AvgIpc) is 3.64. The van der Waals surface area contributed by atoms with Gasteiger partial charge in [-0.15, -0.1) is 0 Å². The van der Waals surface area contributed by atoms with Gasteiger partial charge in [0.15, 0.2) is 5.60 Å². The first-order valence-electron chi connectivity index (χ1n) is 15.5. The summed E-state index contributed by atoms with van der Waals surface area (Å²) in [5, 5.41) is 54.1. The normalized spacial score (nSPS) is 19.5. The Bertz CT molecular complexity index is 1440. The molecule has 1 amide bonds. The van der Waals surface area contributed by atoms with Gasteiger partial charge in [0.05, 0.1) is 43.6 Å². The number of phenols is 1. The number of carboxylic acids is 3. The smallest absolute Gasteiger partial charge is 0.336 e. The summed E-state index contributed by atoms with van der Waals surface area (Å²) in [5.74, 6) is -5.09. The molecule has 256 valence electrons. The zero-order chi connectivity index (χ0) is 34.4. The molecule has 0 bridgehead atoms. The highest BCUT2D eigenvalue weighted by Crippen LogP contribution is 2.44. The van der Waals surface area contributed by atoms with Crippen LogP contribution >= 0.6 is 11.6 Å². The number of amides is 1. The number of phenolic OH excluding ortho intramolecular Hbond substituents is 1. The van der Waals surface area contributed by atoms with Crippen LogP contribution in [0.25, 0.3) is 0 Å². The largest absolute Gasteiger partial charge is 0.508 e. The number of hydrogen-bond acceptors (Lipinski definition) is 9. The Hall–Kier alpha value is -3.75. The molecule has 5 rings (SSSR count). The van der Waals surface area contributed by atoms with Gasteiger partial charge >= 0.3 is 17.9 Å². The molecule has 6 N–H and O–H groups in total. The number of aliphatic hydroxyl groups excluding tert-OH is 1. The Morgan fingerprint density at radius 1 is 1.00 bits per heavy atom. The topological polar surface area (TPSA) is 205 Å². The molecule has 0 aromatic heterocycles. The van der Waals surface area contributed by atoms with Crippen molar-refractivity contribution in [3.8, 4) is 5.75 Å². The molecule has 0 aliphatic carbocycles. The van der Waals surface area contributed by atoms with E-state index < -0.39 is 36.4 Å². The monoisotopic (exact) mass is 676 g/mol. The van der Waals surface area contributed by atoms with E-state index in [-0.39, 0.29) is 35.8 Å². The number of piperidine rings is 1. The Balaban J connectivity index is 0.000000328. The lowest BCUT2D eigenvalue weighted by atomic mass is 9.83. The number of fused-ring (bicyclic) bond motifs is 2. The third-order valence-electron chi connectivity index (χ3n) is 9.16. The molecule has 3 aliphatic rings. The Labute approximate surface area is 276 Å². The summed E-state index contributed by atoms with van der Waals surface area (Å²) in [4.78, 5) is 48.4. The first kappa shape index (κ1) is 36.1. The molecule has 1 spiro atoms. The van der Waals surface area contributed by atoms with E-state index in [1.807, 2.05) is 4.90 Å². The number of hydrogen-bond donors (Lipinski definition) is 6. The highest BCUT2D eigenvalue weighted by Gasteiger charge is 2.44. The van der Waals surface area contributed by atoms with Crippen molar-refractivity contribution < 1.29 is 54.6 Å². The molecule has 3 aliphatic heterocycles. The lowest BCUT2D eigenvalue weighted by Gasteiger charge is -2.40. The number of likely N-dealkylation sites (tertiary alicyclic amines) is 2. The number of halogens is 1. The molecular formula is C33H41ClN2O11. The van der Waals surface area contributed by atoms with Gasteiger partial charge in [0, 0.05) is 31.2 Å². The minimum absolute atomic E-state index is 0.00563. The number of carbonyl (C=O) groups excluding carboxylic acids is 1. The maximum absolute atomic E-state index is 13.7. The molecule has 47 heavy (non-hydrogen) atoms. The molecule has 2 fully saturated rings. The summed E-state index contributed by atoms with van der Waals surface area (Å²) in [6.45, 7) is 3.68. The molecule has 2 aromatic rings. The zero-order valence-electron chi connectivity index (χ0n) is 25.9. The van der Waals surface area contributed by atoms with Crippen LogP contribution in [-0.4, -0.2) is 109 Å². The molecule has 1 unspecified atom stereocenters. The minimum Gasteiger partial charge on any atom is -0.508 e. The number of aliphatic hydroxyl groups is 2. The number of aromatic hydroxyl groups is 1. The average molecular weight is 677 g/mol. The van der Waals surface area contributed by atoms with Crippen LogP contribution in [0, 0.1) is 5.92 Å². The summed E-state index contributed by atoms with van der Waals surface area (Å²) < 4.78 is 6.31. The quantitative estimate of drug-likeness (QED) is 0.203. The second kappa shape index (κ2) is 15.4. The van der Waals surface area contributed by atoms with Crippen molar-refractivity contribution in [2.45, 2.75) is 68.8 Å². The van der Waals surface area contributed by atoms with Gasteiger partial charge in [0.25, 0.3) is 0 Å². The van der Waals surface area contributed by atoms with E-state index in [1.165, 1.54) is 11.1 Å². The second-order valence-corrected chi connectivity index (χ2v) is 12.8. The Morgan fingerprint density at radius 3 is 2.28 bits per heavy atom. The number of rotatable bonds is 11. The second-order valence-electron chi connectivity index (χ2n) is 12.4. The molecule has 14 heteroatoms. The summed E-state index contributed by atoms with van der Waals surface area (Å²) >= 11 is 6.43. The SMILES string of the molecule is O=C(C(Cc1cc(O)ccc1Cl)CN1CCC2(CC1)OCc1ccccc12)N1CCC[C@H]1CO.O=C(O)CC(O)(CC(=O)O)C(=O)O. The zero-order valence-corrected chi connectivity index (χ0v) is 26.6. The summed E-state index contributed by atoms with van der Waals surface area (Å²) in [7, 11) is 0. The van der Waals surface area contributed by atoms with Crippen molar-refractivity contribution in [3.05, 3.63) is 64.2 Å². The summed E-state index contributed by atoms with van der Waals surface area (Å²) in [6.07, 6.45) is 1.73. The van der Waals surface area contributed by atoms with Crippen molar-refractivity contribution in [2.24, 2.45) is 5.92 Å². The standard InChI is InChI=1S/C27H33ClN2O4.C6H8O7/c28-25-8-7-23(32)15-20(25)14-21(26(33)30-11-3-5-22(30)17-31)16-29-12-9-27(10-13-29)24-6-2-1-4-19(24)18-34-27;7-3(8)1-6(13,5(11)12)2-4(9)10/h1-2,4,6-8,15,21-22,31-32H,3,5,9-14,16-18H2;13H,1-2H2,(H,7,8)(H,9,10)(H,11,12)/t21?,22-;/m0./s1. The van der Waals surface area contributed by atoms with Crippen LogP contribution in [0.3, 0.4) is 0 Å². The van der Waals surface area contributed by atoms with E-state index in [1.54, 1.807) is 18.2 Å². The van der Waals surface area contributed by atoms with E-state index >= 15 is 0 Å². The maximum Gasteiger partial charge on any atom is 0.336 e. The van der Waals surface area contributed by atoms with Gasteiger partial charge in [0.1, 0.15) is 5.75 Å². The Kier molecular flexibility index (Phi) is 11.9. The van der Waals surface area contributed by atoms with E-state index in [2.05, 4.69) is 29.2 Å². The highest BCUT2D eigenvalue weighted by atomic mass is 35.5. The van der Waals surface area contributed by atoms with E-state index in [0.717, 1.165) is 44.3 Å². The number of benzene rings is 2. The van der Waals surface area contributed by atoms with Gasteiger partial charge in [-0.1, -0.05) is 35.9 Å². The first-order chi connectivity index (χ1) is 22.3. The molecule has 2 saturated heterocycles. The predicted octanol–water partition coefficient (Wildman–Crippen LogP) is 2.46. The molecule has 13 nitrogen and oxygen atoms in total. The van der Waals surface area contributed by atoms with Gasteiger partial charge in [-0.25, -0.2) is 4.79 Å². The van der Waals surface area contributed by atoms with E-state index in [0.29, 0.717) is 31.1 Å². The van der Waals surface area contributed by atoms with Crippen LogP contribution in [0.2, 0.25) is 5.02 Å².